The topological polar surface area (TPSA) is 104 Å². The van der Waals surface area contributed by atoms with Gasteiger partial charge in [-0.3, -0.25) is 14.7 Å². The molecule has 2 amide bonds. The number of pyridine rings is 2. The number of nitrogens with one attached hydrogen (secondary N) is 1. The van der Waals surface area contributed by atoms with E-state index in [9.17, 15) is 18.4 Å². The second-order valence-electron chi connectivity index (χ2n) is 11.0. The van der Waals surface area contributed by atoms with Crippen molar-refractivity contribution in [1.82, 2.24) is 25.1 Å². The van der Waals surface area contributed by atoms with Crippen molar-refractivity contribution in [3.05, 3.63) is 41.4 Å². The standard InChI is InChI=1S/C26H25ClF2N6O3/c27-19-2-1-18-21(32-19)25(5-3-16(4-6-25)38-17-9-15-10-31-33-22(15)30-11-17)23(37)35(18)12-20(36)34-8-7-24(14-34)13-26(24,28)29/h1-2,9-11,16H,3-8,12-14H2,(H,30,31,33). The summed E-state index contributed by atoms with van der Waals surface area (Å²) in [5, 5.41) is 7.92. The molecule has 2 spiro atoms. The second-order valence-corrected chi connectivity index (χ2v) is 11.4. The lowest BCUT2D eigenvalue weighted by Crippen LogP contribution is -2.48. The van der Waals surface area contributed by atoms with E-state index in [2.05, 4.69) is 20.2 Å². The minimum absolute atomic E-state index is 0.0379. The van der Waals surface area contributed by atoms with Crippen LogP contribution in [0.1, 0.15) is 44.2 Å². The molecule has 2 saturated carbocycles. The fraction of sp³-hybridized carbons (Fsp3) is 0.500. The summed E-state index contributed by atoms with van der Waals surface area (Å²) in [6.07, 6.45) is 5.53. The van der Waals surface area contributed by atoms with E-state index in [0.29, 0.717) is 54.9 Å². The van der Waals surface area contributed by atoms with E-state index in [0.717, 1.165) is 5.39 Å². The summed E-state index contributed by atoms with van der Waals surface area (Å²) in [5.74, 6) is -2.59. The molecule has 2 aliphatic carbocycles. The van der Waals surface area contributed by atoms with Gasteiger partial charge in [0.25, 0.3) is 5.92 Å². The molecular weight excluding hydrogens is 518 g/mol. The number of likely N-dealkylation sites (tertiary alicyclic amines) is 1. The van der Waals surface area contributed by atoms with E-state index < -0.39 is 16.8 Å². The van der Waals surface area contributed by atoms with Crippen LogP contribution in [0.2, 0.25) is 5.15 Å². The zero-order chi connectivity index (χ0) is 26.3. The molecule has 1 saturated heterocycles. The fourth-order valence-electron chi connectivity index (χ4n) is 6.49. The highest BCUT2D eigenvalue weighted by atomic mass is 35.5. The normalized spacial score (nSPS) is 29.4. The lowest BCUT2D eigenvalue weighted by atomic mass is 9.71. The number of carbonyl (C=O) groups is 2. The van der Waals surface area contributed by atoms with Gasteiger partial charge < -0.3 is 14.5 Å². The van der Waals surface area contributed by atoms with E-state index in [1.54, 1.807) is 24.5 Å². The average molecular weight is 543 g/mol. The van der Waals surface area contributed by atoms with Crippen LogP contribution in [0.25, 0.3) is 11.0 Å². The lowest BCUT2D eigenvalue weighted by molar-refractivity contribution is -0.132. The number of aromatic amines is 1. The summed E-state index contributed by atoms with van der Waals surface area (Å²) >= 11 is 6.24. The number of H-pyrrole nitrogens is 1. The predicted octanol–water partition coefficient (Wildman–Crippen LogP) is 3.87. The van der Waals surface area contributed by atoms with Crippen LogP contribution < -0.4 is 9.64 Å². The Morgan fingerprint density at radius 2 is 2.00 bits per heavy atom. The highest BCUT2D eigenvalue weighted by Crippen LogP contribution is 2.65. The summed E-state index contributed by atoms with van der Waals surface area (Å²) < 4.78 is 33.9. The molecule has 3 aromatic rings. The molecule has 0 bridgehead atoms. The Bertz CT molecular complexity index is 1470. The third kappa shape index (κ3) is 3.50. The van der Waals surface area contributed by atoms with Gasteiger partial charge in [-0.15, -0.1) is 0 Å². The number of hydrogen-bond acceptors (Lipinski definition) is 6. The number of ether oxygens (including phenoxy) is 1. The van der Waals surface area contributed by atoms with Crippen LogP contribution in [-0.2, 0) is 15.0 Å². The number of hydrogen-bond donors (Lipinski definition) is 1. The molecule has 198 valence electrons. The number of anilines is 1. The monoisotopic (exact) mass is 542 g/mol. The zero-order valence-electron chi connectivity index (χ0n) is 20.4. The van der Waals surface area contributed by atoms with Gasteiger partial charge >= 0.3 is 0 Å². The maximum Gasteiger partial charge on any atom is 0.256 e. The SMILES string of the molecule is O=C(CN1C(=O)C2(CCC(Oc3cnc4[nH]ncc4c3)CC2)c2nc(Cl)ccc21)N1CCC2(C1)CC2(F)F. The number of amides is 2. The van der Waals surface area contributed by atoms with Gasteiger partial charge in [0.05, 0.1) is 40.7 Å². The molecule has 3 fully saturated rings. The smallest absolute Gasteiger partial charge is 0.256 e. The second kappa shape index (κ2) is 8.08. The molecule has 7 rings (SSSR count). The highest BCUT2D eigenvalue weighted by molar-refractivity contribution is 6.29. The molecule has 12 heteroatoms. The lowest BCUT2D eigenvalue weighted by Gasteiger charge is -2.35. The molecule has 1 unspecified atom stereocenters. The summed E-state index contributed by atoms with van der Waals surface area (Å²) in [4.78, 5) is 38.9. The maximum atomic E-state index is 13.9. The number of nitrogens with zero attached hydrogens (tertiary/aromatic N) is 5. The summed E-state index contributed by atoms with van der Waals surface area (Å²) in [6, 6.07) is 5.20. The number of carbonyl (C=O) groups excluding carboxylic acids is 2. The number of rotatable bonds is 4. The van der Waals surface area contributed by atoms with Crippen molar-refractivity contribution < 1.29 is 23.1 Å². The van der Waals surface area contributed by atoms with Gasteiger partial charge in [0.15, 0.2) is 5.65 Å². The van der Waals surface area contributed by atoms with Crippen LogP contribution in [0.15, 0.2) is 30.6 Å². The van der Waals surface area contributed by atoms with E-state index in [1.165, 1.54) is 9.80 Å². The summed E-state index contributed by atoms with van der Waals surface area (Å²) in [6.45, 7) is 0.122. The number of aromatic nitrogens is 4. The molecule has 4 aliphatic rings. The summed E-state index contributed by atoms with van der Waals surface area (Å²) in [7, 11) is 0. The Balaban J connectivity index is 1.08. The minimum atomic E-state index is -2.70. The quantitative estimate of drug-likeness (QED) is 0.502. The average Bonchev–Trinajstić information content (AvgIpc) is 3.33. The van der Waals surface area contributed by atoms with Gasteiger partial charge in [0.2, 0.25) is 11.8 Å². The van der Waals surface area contributed by atoms with Gasteiger partial charge in [0.1, 0.15) is 17.4 Å². The molecule has 38 heavy (non-hydrogen) atoms. The highest BCUT2D eigenvalue weighted by Gasteiger charge is 2.73. The molecule has 3 aromatic heterocycles. The molecule has 1 atom stereocenters. The van der Waals surface area contributed by atoms with Crippen molar-refractivity contribution in [2.75, 3.05) is 24.5 Å². The van der Waals surface area contributed by atoms with Crippen molar-refractivity contribution in [2.45, 2.75) is 56.0 Å². The fourth-order valence-corrected chi connectivity index (χ4v) is 6.64. The van der Waals surface area contributed by atoms with Crippen LogP contribution in [0.3, 0.4) is 0 Å². The number of fused-ring (bicyclic) bond motifs is 3. The molecular formula is C26H25ClF2N6O3. The third-order valence-electron chi connectivity index (χ3n) is 8.80. The molecule has 2 aliphatic heterocycles. The van der Waals surface area contributed by atoms with Crippen molar-refractivity contribution in [3.8, 4) is 5.75 Å². The van der Waals surface area contributed by atoms with Gasteiger partial charge in [-0.1, -0.05) is 11.6 Å². The van der Waals surface area contributed by atoms with Gasteiger partial charge in [-0.25, -0.2) is 18.7 Å². The van der Waals surface area contributed by atoms with Gasteiger partial charge in [-0.2, -0.15) is 5.10 Å². The minimum Gasteiger partial charge on any atom is -0.489 e. The van der Waals surface area contributed by atoms with Crippen LogP contribution in [-0.4, -0.2) is 68.5 Å². The van der Waals surface area contributed by atoms with Crippen molar-refractivity contribution in [2.24, 2.45) is 5.41 Å². The molecule has 0 radical (unpaired) electrons. The van der Waals surface area contributed by atoms with E-state index in [4.69, 9.17) is 16.3 Å². The molecule has 1 N–H and O–H groups in total. The Kier molecular flexibility index (Phi) is 5.05. The first-order valence-electron chi connectivity index (χ1n) is 12.8. The Labute approximate surface area is 221 Å². The zero-order valence-corrected chi connectivity index (χ0v) is 21.2. The molecule has 0 aromatic carbocycles. The van der Waals surface area contributed by atoms with Crippen LogP contribution >= 0.6 is 11.6 Å². The summed E-state index contributed by atoms with van der Waals surface area (Å²) in [5.41, 5.74) is -0.160. The number of alkyl halides is 2. The van der Waals surface area contributed by atoms with E-state index >= 15 is 0 Å². The van der Waals surface area contributed by atoms with Gasteiger partial charge in [-0.05, 0) is 50.3 Å². The van der Waals surface area contributed by atoms with Crippen molar-refractivity contribution >= 4 is 40.1 Å². The molecule has 9 nitrogen and oxygen atoms in total. The maximum absolute atomic E-state index is 13.9. The van der Waals surface area contributed by atoms with Crippen molar-refractivity contribution in [3.63, 3.8) is 0 Å². The Morgan fingerprint density at radius 3 is 2.74 bits per heavy atom. The Morgan fingerprint density at radius 1 is 1.21 bits per heavy atom. The van der Waals surface area contributed by atoms with Crippen molar-refractivity contribution in [1.29, 1.82) is 0 Å². The van der Waals surface area contributed by atoms with E-state index in [1.807, 2.05) is 6.07 Å². The first kappa shape index (κ1) is 23.8. The van der Waals surface area contributed by atoms with Gasteiger partial charge in [0, 0.05) is 24.9 Å². The van der Waals surface area contributed by atoms with Crippen LogP contribution in [0.5, 0.6) is 5.75 Å². The van der Waals surface area contributed by atoms with E-state index in [-0.39, 0.29) is 49.1 Å². The first-order valence-corrected chi connectivity index (χ1v) is 13.2. The predicted molar refractivity (Wildman–Crippen MR) is 133 cm³/mol. The Hall–Kier alpha value is -3.34. The first-order chi connectivity index (χ1) is 18.2. The molecule has 5 heterocycles. The number of halogens is 3. The third-order valence-corrected chi connectivity index (χ3v) is 9.02. The largest absolute Gasteiger partial charge is 0.489 e. The van der Waals surface area contributed by atoms with Crippen LogP contribution in [0.4, 0.5) is 14.5 Å². The van der Waals surface area contributed by atoms with Crippen LogP contribution in [0, 0.1) is 5.41 Å².